The van der Waals surface area contributed by atoms with Crippen LogP contribution in [-0.4, -0.2) is 11.7 Å². The molecule has 0 aliphatic heterocycles. The van der Waals surface area contributed by atoms with E-state index in [1.807, 2.05) is 49.4 Å². The molecule has 0 amide bonds. The summed E-state index contributed by atoms with van der Waals surface area (Å²) in [5.74, 6) is 0.952. The Balaban J connectivity index is 1.96. The summed E-state index contributed by atoms with van der Waals surface area (Å²) in [5, 5.41) is 13.1. The standard InChI is InChI=1S/C16H19NO2/c1-2-17-11-14-8-9-15(10-16(14)18)19-12-13-6-4-3-5-7-13/h3-10,17-18H,2,11-12H2,1H3. The molecule has 0 fully saturated rings. The van der Waals surface area contributed by atoms with Gasteiger partial charge >= 0.3 is 0 Å². The first kappa shape index (κ1) is 13.4. The second-order valence-electron chi connectivity index (χ2n) is 4.35. The maximum Gasteiger partial charge on any atom is 0.123 e. The second-order valence-corrected chi connectivity index (χ2v) is 4.35. The van der Waals surface area contributed by atoms with E-state index in [4.69, 9.17) is 4.74 Å². The van der Waals surface area contributed by atoms with Gasteiger partial charge in [0.2, 0.25) is 0 Å². The summed E-state index contributed by atoms with van der Waals surface area (Å²) in [5.41, 5.74) is 1.99. The molecule has 19 heavy (non-hydrogen) atoms. The predicted octanol–water partition coefficient (Wildman–Crippen LogP) is 3.08. The molecule has 3 nitrogen and oxygen atoms in total. The number of phenols is 1. The zero-order chi connectivity index (χ0) is 13.5. The predicted molar refractivity (Wildman–Crippen MR) is 76.3 cm³/mol. The smallest absolute Gasteiger partial charge is 0.123 e. The Kier molecular flexibility index (Phi) is 4.81. The molecular formula is C16H19NO2. The summed E-state index contributed by atoms with van der Waals surface area (Å²) < 4.78 is 5.65. The number of hydrogen-bond acceptors (Lipinski definition) is 3. The van der Waals surface area contributed by atoms with Crippen LogP contribution in [0.2, 0.25) is 0 Å². The maximum absolute atomic E-state index is 9.90. The normalized spacial score (nSPS) is 10.4. The largest absolute Gasteiger partial charge is 0.507 e. The zero-order valence-electron chi connectivity index (χ0n) is 11.1. The van der Waals surface area contributed by atoms with Gasteiger partial charge in [-0.25, -0.2) is 0 Å². The van der Waals surface area contributed by atoms with E-state index >= 15 is 0 Å². The Morgan fingerprint density at radius 3 is 2.58 bits per heavy atom. The van der Waals surface area contributed by atoms with Gasteiger partial charge in [-0.1, -0.05) is 43.3 Å². The van der Waals surface area contributed by atoms with Crippen molar-refractivity contribution in [3.63, 3.8) is 0 Å². The third-order valence-corrected chi connectivity index (χ3v) is 2.87. The second kappa shape index (κ2) is 6.81. The van der Waals surface area contributed by atoms with Crippen molar-refractivity contribution in [1.29, 1.82) is 0 Å². The molecule has 0 atom stereocenters. The Labute approximate surface area is 113 Å². The summed E-state index contributed by atoms with van der Waals surface area (Å²) in [6, 6.07) is 15.4. The van der Waals surface area contributed by atoms with Crippen LogP contribution in [0, 0.1) is 0 Å². The summed E-state index contributed by atoms with van der Waals surface area (Å²) in [6.45, 7) is 4.09. The van der Waals surface area contributed by atoms with Crippen LogP contribution in [0.15, 0.2) is 48.5 Å². The molecule has 2 N–H and O–H groups in total. The van der Waals surface area contributed by atoms with E-state index in [1.54, 1.807) is 6.07 Å². The van der Waals surface area contributed by atoms with Crippen molar-refractivity contribution < 1.29 is 9.84 Å². The van der Waals surface area contributed by atoms with Gasteiger partial charge < -0.3 is 15.2 Å². The minimum absolute atomic E-state index is 0.270. The number of benzene rings is 2. The molecule has 2 rings (SSSR count). The fraction of sp³-hybridized carbons (Fsp3) is 0.250. The zero-order valence-corrected chi connectivity index (χ0v) is 11.1. The summed E-state index contributed by atoms with van der Waals surface area (Å²) in [7, 11) is 0. The molecule has 0 aliphatic carbocycles. The average molecular weight is 257 g/mol. The van der Waals surface area contributed by atoms with Crippen LogP contribution in [0.3, 0.4) is 0 Å². The van der Waals surface area contributed by atoms with Crippen LogP contribution in [0.5, 0.6) is 11.5 Å². The van der Waals surface area contributed by atoms with Crippen LogP contribution >= 0.6 is 0 Å². The first-order valence-electron chi connectivity index (χ1n) is 6.49. The van der Waals surface area contributed by atoms with Crippen molar-refractivity contribution in [1.82, 2.24) is 5.32 Å². The van der Waals surface area contributed by atoms with E-state index < -0.39 is 0 Å². The van der Waals surface area contributed by atoms with Gasteiger partial charge in [0.1, 0.15) is 18.1 Å². The highest BCUT2D eigenvalue weighted by molar-refractivity contribution is 5.39. The van der Waals surface area contributed by atoms with Crippen molar-refractivity contribution in [3.8, 4) is 11.5 Å². The van der Waals surface area contributed by atoms with Crippen LogP contribution in [0.4, 0.5) is 0 Å². The fourth-order valence-corrected chi connectivity index (χ4v) is 1.78. The molecular weight excluding hydrogens is 238 g/mol. The van der Waals surface area contributed by atoms with Crippen LogP contribution in [0.25, 0.3) is 0 Å². The third kappa shape index (κ3) is 4.00. The molecule has 0 saturated carbocycles. The van der Waals surface area contributed by atoms with Gasteiger partial charge in [-0.15, -0.1) is 0 Å². The molecule has 3 heteroatoms. The Morgan fingerprint density at radius 1 is 1.11 bits per heavy atom. The minimum atomic E-state index is 0.270. The Bertz CT molecular complexity index is 511. The number of aromatic hydroxyl groups is 1. The summed E-state index contributed by atoms with van der Waals surface area (Å²) in [6.07, 6.45) is 0. The minimum Gasteiger partial charge on any atom is -0.507 e. The highest BCUT2D eigenvalue weighted by Crippen LogP contribution is 2.24. The topological polar surface area (TPSA) is 41.5 Å². The molecule has 0 heterocycles. The molecule has 0 unspecified atom stereocenters. The van der Waals surface area contributed by atoms with Gasteiger partial charge in [-0.2, -0.15) is 0 Å². The van der Waals surface area contributed by atoms with Crippen LogP contribution in [0.1, 0.15) is 18.1 Å². The lowest BCUT2D eigenvalue weighted by atomic mass is 10.2. The Hall–Kier alpha value is -2.00. The van der Waals surface area contributed by atoms with E-state index in [-0.39, 0.29) is 5.75 Å². The Morgan fingerprint density at radius 2 is 1.89 bits per heavy atom. The number of nitrogens with one attached hydrogen (secondary N) is 1. The lowest BCUT2D eigenvalue weighted by Crippen LogP contribution is -2.11. The molecule has 2 aromatic rings. The van der Waals surface area contributed by atoms with E-state index in [9.17, 15) is 5.11 Å². The molecule has 100 valence electrons. The quantitative estimate of drug-likeness (QED) is 0.835. The third-order valence-electron chi connectivity index (χ3n) is 2.87. The van der Waals surface area contributed by atoms with Gasteiger partial charge in [0.15, 0.2) is 0 Å². The van der Waals surface area contributed by atoms with Gasteiger partial charge in [0.05, 0.1) is 0 Å². The van der Waals surface area contributed by atoms with Crippen molar-refractivity contribution in [2.45, 2.75) is 20.1 Å². The molecule has 0 aliphatic rings. The van der Waals surface area contributed by atoms with Gasteiger partial charge in [-0.05, 0) is 18.2 Å². The van der Waals surface area contributed by atoms with Crippen molar-refractivity contribution >= 4 is 0 Å². The van der Waals surface area contributed by atoms with Gasteiger partial charge in [0.25, 0.3) is 0 Å². The van der Waals surface area contributed by atoms with Crippen LogP contribution < -0.4 is 10.1 Å². The average Bonchev–Trinajstić information content (AvgIpc) is 2.45. The number of ether oxygens (including phenoxy) is 1. The molecule has 0 spiro atoms. The van der Waals surface area contributed by atoms with Crippen LogP contribution in [-0.2, 0) is 13.2 Å². The highest BCUT2D eigenvalue weighted by Gasteiger charge is 2.03. The highest BCUT2D eigenvalue weighted by atomic mass is 16.5. The van der Waals surface area contributed by atoms with Crippen molar-refractivity contribution in [2.75, 3.05) is 6.54 Å². The first-order valence-corrected chi connectivity index (χ1v) is 6.49. The van der Waals surface area contributed by atoms with Gasteiger partial charge in [0, 0.05) is 18.2 Å². The van der Waals surface area contributed by atoms with Crippen molar-refractivity contribution in [3.05, 3.63) is 59.7 Å². The molecule has 0 radical (unpaired) electrons. The first-order chi connectivity index (χ1) is 9.29. The molecule has 0 bridgehead atoms. The SMILES string of the molecule is CCNCc1ccc(OCc2ccccc2)cc1O. The number of phenolic OH excluding ortho intramolecular Hbond substituents is 1. The lowest BCUT2D eigenvalue weighted by Gasteiger charge is -2.09. The number of rotatable bonds is 6. The van der Waals surface area contributed by atoms with Crippen molar-refractivity contribution in [2.24, 2.45) is 0 Å². The monoisotopic (exact) mass is 257 g/mol. The maximum atomic E-state index is 9.90. The lowest BCUT2D eigenvalue weighted by molar-refractivity contribution is 0.304. The summed E-state index contributed by atoms with van der Waals surface area (Å²) in [4.78, 5) is 0. The van der Waals surface area contributed by atoms with E-state index in [1.165, 1.54) is 0 Å². The molecule has 0 aromatic heterocycles. The number of hydrogen-bond donors (Lipinski definition) is 2. The van der Waals surface area contributed by atoms with E-state index in [0.717, 1.165) is 17.7 Å². The van der Waals surface area contributed by atoms with E-state index in [2.05, 4.69) is 5.32 Å². The molecule has 0 saturated heterocycles. The summed E-state index contributed by atoms with van der Waals surface area (Å²) >= 11 is 0. The van der Waals surface area contributed by atoms with E-state index in [0.29, 0.717) is 18.9 Å². The molecule has 2 aromatic carbocycles. The van der Waals surface area contributed by atoms with Gasteiger partial charge in [-0.3, -0.25) is 0 Å². The fourth-order valence-electron chi connectivity index (χ4n) is 1.78.